The molecule has 4 heteroatoms. The maximum atomic E-state index is 12.2. The molecule has 90 valence electrons. The molecule has 0 amide bonds. The van der Waals surface area contributed by atoms with E-state index in [1.165, 1.54) is 0 Å². The molecule has 0 unspecified atom stereocenters. The minimum absolute atomic E-state index is 0.153. The molecule has 2 heterocycles. The molecule has 0 aromatic heterocycles. The average molecular weight is 232 g/mol. The van der Waals surface area contributed by atoms with E-state index < -0.39 is 0 Å². The van der Waals surface area contributed by atoms with Crippen LogP contribution in [0.2, 0.25) is 0 Å². The predicted octanol–water partition coefficient (Wildman–Crippen LogP) is 1.36. The van der Waals surface area contributed by atoms with Crippen LogP contribution in [-0.2, 0) is 0 Å². The highest BCUT2D eigenvalue weighted by atomic mass is 16.5. The SMILES string of the molecule is Nc1ccc2c(c1)C(=O)CC1(CCNCC1)O2. The molecule has 1 spiro atoms. The van der Waals surface area contributed by atoms with Crippen LogP contribution in [0.1, 0.15) is 29.6 Å². The number of carbonyl (C=O) groups excluding carboxylic acids is 1. The Morgan fingerprint density at radius 3 is 2.82 bits per heavy atom. The lowest BCUT2D eigenvalue weighted by molar-refractivity contribution is 0.0188. The van der Waals surface area contributed by atoms with Crippen LogP contribution < -0.4 is 15.8 Å². The van der Waals surface area contributed by atoms with Gasteiger partial charge in [-0.25, -0.2) is 0 Å². The largest absolute Gasteiger partial charge is 0.486 e. The minimum Gasteiger partial charge on any atom is -0.486 e. The molecule has 4 nitrogen and oxygen atoms in total. The van der Waals surface area contributed by atoms with Crippen LogP contribution >= 0.6 is 0 Å². The summed E-state index contributed by atoms with van der Waals surface area (Å²) in [4.78, 5) is 12.2. The van der Waals surface area contributed by atoms with Gasteiger partial charge in [0.1, 0.15) is 11.4 Å². The molecule has 0 bridgehead atoms. The highest BCUT2D eigenvalue weighted by molar-refractivity contribution is 6.01. The van der Waals surface area contributed by atoms with Gasteiger partial charge in [0.25, 0.3) is 0 Å². The van der Waals surface area contributed by atoms with Crippen LogP contribution in [0.25, 0.3) is 0 Å². The number of ketones is 1. The summed E-state index contributed by atoms with van der Waals surface area (Å²) in [5.74, 6) is 0.845. The fraction of sp³-hybridized carbons (Fsp3) is 0.462. The standard InChI is InChI=1S/C13H16N2O2/c14-9-1-2-12-10(7-9)11(16)8-13(17-12)3-5-15-6-4-13/h1-2,7,15H,3-6,8,14H2. The first kappa shape index (κ1) is 10.6. The number of ether oxygens (including phenoxy) is 1. The first-order valence-electron chi connectivity index (χ1n) is 6.01. The maximum absolute atomic E-state index is 12.2. The summed E-state index contributed by atoms with van der Waals surface area (Å²) in [5.41, 5.74) is 6.66. The summed E-state index contributed by atoms with van der Waals surface area (Å²) in [6.45, 7) is 1.83. The van der Waals surface area contributed by atoms with Crippen molar-refractivity contribution in [3.8, 4) is 5.75 Å². The molecule has 3 N–H and O–H groups in total. The fourth-order valence-electron chi connectivity index (χ4n) is 2.67. The predicted molar refractivity (Wildman–Crippen MR) is 65.3 cm³/mol. The van der Waals surface area contributed by atoms with E-state index in [2.05, 4.69) is 5.32 Å². The summed E-state index contributed by atoms with van der Waals surface area (Å²) in [7, 11) is 0. The molecule has 2 aliphatic heterocycles. The quantitative estimate of drug-likeness (QED) is 0.663. The molecular formula is C13H16N2O2. The topological polar surface area (TPSA) is 64.4 Å². The highest BCUT2D eigenvalue weighted by Gasteiger charge is 2.41. The minimum atomic E-state index is -0.286. The second-order valence-corrected chi connectivity index (χ2v) is 4.89. The lowest BCUT2D eigenvalue weighted by Gasteiger charge is -2.40. The van der Waals surface area contributed by atoms with Gasteiger partial charge in [-0.1, -0.05) is 0 Å². The van der Waals surface area contributed by atoms with Crippen molar-refractivity contribution in [3.63, 3.8) is 0 Å². The van der Waals surface area contributed by atoms with Crippen molar-refractivity contribution < 1.29 is 9.53 Å². The maximum Gasteiger partial charge on any atom is 0.170 e. The Labute approximate surface area is 100 Å². The van der Waals surface area contributed by atoms with Crippen molar-refractivity contribution in [1.29, 1.82) is 0 Å². The third kappa shape index (κ3) is 1.78. The van der Waals surface area contributed by atoms with Crippen LogP contribution in [0.5, 0.6) is 5.75 Å². The number of piperidine rings is 1. The lowest BCUT2D eigenvalue weighted by atomic mass is 9.83. The molecule has 0 aliphatic carbocycles. The first-order valence-corrected chi connectivity index (χ1v) is 6.01. The molecule has 0 saturated carbocycles. The number of benzene rings is 1. The molecule has 0 radical (unpaired) electrons. The molecule has 2 aliphatic rings. The van der Waals surface area contributed by atoms with E-state index in [0.717, 1.165) is 25.9 Å². The van der Waals surface area contributed by atoms with Crippen molar-refractivity contribution in [3.05, 3.63) is 23.8 Å². The van der Waals surface area contributed by atoms with Crippen molar-refractivity contribution in [2.45, 2.75) is 24.9 Å². The van der Waals surface area contributed by atoms with Crippen LogP contribution in [0.3, 0.4) is 0 Å². The Hall–Kier alpha value is -1.55. The van der Waals surface area contributed by atoms with Gasteiger partial charge in [-0.3, -0.25) is 4.79 Å². The molecule has 17 heavy (non-hydrogen) atoms. The number of Topliss-reactive ketones (excluding diaryl/α,β-unsaturated/α-hetero) is 1. The van der Waals surface area contributed by atoms with Gasteiger partial charge in [0.05, 0.1) is 12.0 Å². The molecule has 0 atom stereocenters. The molecule has 1 aromatic rings. The summed E-state index contributed by atoms with van der Waals surface area (Å²) >= 11 is 0. The van der Waals surface area contributed by atoms with E-state index >= 15 is 0 Å². The number of hydrogen-bond acceptors (Lipinski definition) is 4. The molecule has 1 saturated heterocycles. The number of rotatable bonds is 0. The molecular weight excluding hydrogens is 216 g/mol. The molecule has 3 rings (SSSR count). The van der Waals surface area contributed by atoms with E-state index in [-0.39, 0.29) is 11.4 Å². The molecule has 1 fully saturated rings. The normalized spacial score (nSPS) is 22.0. The van der Waals surface area contributed by atoms with Crippen LogP contribution in [0.15, 0.2) is 18.2 Å². The smallest absolute Gasteiger partial charge is 0.170 e. The Morgan fingerprint density at radius 1 is 1.29 bits per heavy atom. The van der Waals surface area contributed by atoms with Crippen LogP contribution in [0, 0.1) is 0 Å². The van der Waals surface area contributed by atoms with Crippen LogP contribution in [-0.4, -0.2) is 24.5 Å². The number of hydrogen-bond donors (Lipinski definition) is 2. The van der Waals surface area contributed by atoms with Crippen LogP contribution in [0.4, 0.5) is 5.69 Å². The zero-order valence-corrected chi connectivity index (χ0v) is 9.66. The van der Waals surface area contributed by atoms with E-state index in [0.29, 0.717) is 23.4 Å². The number of nitrogen functional groups attached to an aromatic ring is 1. The lowest BCUT2D eigenvalue weighted by Crippen LogP contribution is -2.49. The van der Waals surface area contributed by atoms with Gasteiger partial charge in [-0.2, -0.15) is 0 Å². The monoisotopic (exact) mass is 232 g/mol. The van der Waals surface area contributed by atoms with Crippen molar-refractivity contribution in [2.75, 3.05) is 18.8 Å². The highest BCUT2D eigenvalue weighted by Crippen LogP contribution is 2.38. The summed E-state index contributed by atoms with van der Waals surface area (Å²) in [6, 6.07) is 5.31. The molecule has 1 aromatic carbocycles. The van der Waals surface area contributed by atoms with Crippen molar-refractivity contribution in [2.24, 2.45) is 0 Å². The second kappa shape index (κ2) is 3.74. The number of nitrogens with one attached hydrogen (secondary N) is 1. The van der Waals surface area contributed by atoms with Gasteiger partial charge in [0, 0.05) is 18.5 Å². The van der Waals surface area contributed by atoms with Crippen molar-refractivity contribution >= 4 is 11.5 Å². The van der Waals surface area contributed by atoms with E-state index in [9.17, 15) is 4.79 Å². The third-order valence-electron chi connectivity index (χ3n) is 3.63. The average Bonchev–Trinajstić information content (AvgIpc) is 2.31. The third-order valence-corrected chi connectivity index (χ3v) is 3.63. The Kier molecular flexibility index (Phi) is 2.33. The number of fused-ring (bicyclic) bond motifs is 1. The van der Waals surface area contributed by atoms with Crippen molar-refractivity contribution in [1.82, 2.24) is 5.32 Å². The van der Waals surface area contributed by atoms with Gasteiger partial charge >= 0.3 is 0 Å². The first-order chi connectivity index (χ1) is 8.19. The van der Waals surface area contributed by atoms with E-state index in [1.807, 2.05) is 6.07 Å². The summed E-state index contributed by atoms with van der Waals surface area (Å²) < 4.78 is 6.07. The van der Waals surface area contributed by atoms with Gasteiger partial charge in [-0.05, 0) is 31.3 Å². The fourth-order valence-corrected chi connectivity index (χ4v) is 2.67. The Bertz CT molecular complexity index is 464. The zero-order valence-electron chi connectivity index (χ0n) is 9.66. The Morgan fingerprint density at radius 2 is 2.06 bits per heavy atom. The van der Waals surface area contributed by atoms with Gasteiger partial charge < -0.3 is 15.8 Å². The summed E-state index contributed by atoms with van der Waals surface area (Å²) in [5, 5.41) is 3.29. The second-order valence-electron chi connectivity index (χ2n) is 4.89. The van der Waals surface area contributed by atoms with E-state index in [1.54, 1.807) is 12.1 Å². The zero-order chi connectivity index (χ0) is 11.9. The number of carbonyl (C=O) groups is 1. The van der Waals surface area contributed by atoms with Gasteiger partial charge in [-0.15, -0.1) is 0 Å². The Balaban J connectivity index is 1.97. The van der Waals surface area contributed by atoms with E-state index in [4.69, 9.17) is 10.5 Å². The van der Waals surface area contributed by atoms with Gasteiger partial charge in [0.2, 0.25) is 0 Å². The number of anilines is 1. The summed E-state index contributed by atoms with van der Waals surface area (Å²) in [6.07, 6.45) is 2.26. The van der Waals surface area contributed by atoms with Gasteiger partial charge in [0.15, 0.2) is 5.78 Å². The number of nitrogens with two attached hydrogens (primary N) is 1.